The van der Waals surface area contributed by atoms with Crippen LogP contribution in [0.4, 0.5) is 11.4 Å². The van der Waals surface area contributed by atoms with Gasteiger partial charge in [0.15, 0.2) is 0 Å². The lowest BCUT2D eigenvalue weighted by Crippen LogP contribution is -2.34. The first-order valence-electron chi connectivity index (χ1n) is 6.20. The average Bonchev–Trinajstić information content (AvgIpc) is 2.51. The highest BCUT2D eigenvalue weighted by atomic mass is 32.2. The molecule has 0 bridgehead atoms. The second-order valence-electron chi connectivity index (χ2n) is 4.86. The summed E-state index contributed by atoms with van der Waals surface area (Å²) in [4.78, 5) is 15.4. The minimum Gasteiger partial charge on any atom is -0.397 e. The molecule has 4 N–H and O–H groups in total. The van der Waals surface area contributed by atoms with E-state index in [2.05, 4.69) is 0 Å². The van der Waals surface area contributed by atoms with Crippen LogP contribution in [0.5, 0.6) is 0 Å². The summed E-state index contributed by atoms with van der Waals surface area (Å²) in [5.74, 6) is 0.0115. The third kappa shape index (κ3) is 3.02. The van der Waals surface area contributed by atoms with Crippen LogP contribution in [0, 0.1) is 0 Å². The van der Waals surface area contributed by atoms with E-state index in [1.807, 2.05) is 4.90 Å². The summed E-state index contributed by atoms with van der Waals surface area (Å²) >= 11 is 0. The number of nitrogens with zero attached hydrogens (tertiary/aromatic N) is 2. The zero-order valence-electron chi connectivity index (χ0n) is 11.2. The van der Waals surface area contributed by atoms with E-state index >= 15 is 0 Å². The predicted octanol–water partition coefficient (Wildman–Crippen LogP) is -0.415. The summed E-state index contributed by atoms with van der Waals surface area (Å²) < 4.78 is 22.5. The minimum absolute atomic E-state index is 0.0115. The number of carbonyl (C=O) groups is 1. The molecule has 0 unspecified atom stereocenters. The number of nitrogen functional groups attached to an aromatic ring is 1. The normalized spacial score (nSPS) is 17.2. The van der Waals surface area contributed by atoms with Gasteiger partial charge in [0.2, 0.25) is 15.9 Å². The second-order valence-corrected chi connectivity index (χ2v) is 6.42. The Labute approximate surface area is 118 Å². The van der Waals surface area contributed by atoms with Gasteiger partial charge < -0.3 is 15.5 Å². The third-order valence-corrected chi connectivity index (χ3v) is 4.25. The number of carbonyl (C=O) groups excluding carboxylic acids is 1. The Kier molecular flexibility index (Phi) is 3.87. The summed E-state index contributed by atoms with van der Waals surface area (Å²) in [5.41, 5.74) is 6.85. The average molecular weight is 298 g/mol. The van der Waals surface area contributed by atoms with Crippen molar-refractivity contribution in [3.8, 4) is 0 Å². The molecule has 20 heavy (non-hydrogen) atoms. The largest absolute Gasteiger partial charge is 0.397 e. The Morgan fingerprint density at radius 2 is 1.95 bits per heavy atom. The van der Waals surface area contributed by atoms with Crippen LogP contribution in [0.1, 0.15) is 6.42 Å². The van der Waals surface area contributed by atoms with Crippen molar-refractivity contribution < 1.29 is 13.2 Å². The molecular formula is C12H18N4O3S. The van der Waals surface area contributed by atoms with E-state index in [1.54, 1.807) is 18.0 Å². The summed E-state index contributed by atoms with van der Waals surface area (Å²) in [6, 6.07) is 4.32. The van der Waals surface area contributed by atoms with Crippen LogP contribution < -0.4 is 15.8 Å². The quantitative estimate of drug-likeness (QED) is 0.721. The Hall–Kier alpha value is -1.80. The molecule has 1 aliphatic heterocycles. The Bertz CT molecular complexity index is 630. The lowest BCUT2D eigenvalue weighted by atomic mass is 10.2. The lowest BCUT2D eigenvalue weighted by Gasteiger charge is -2.23. The second kappa shape index (κ2) is 5.29. The Morgan fingerprint density at radius 1 is 1.25 bits per heavy atom. The highest BCUT2D eigenvalue weighted by Crippen LogP contribution is 2.26. The number of rotatable bonds is 2. The van der Waals surface area contributed by atoms with Crippen LogP contribution in [0.25, 0.3) is 0 Å². The molecule has 1 amide bonds. The van der Waals surface area contributed by atoms with E-state index in [0.717, 1.165) is 6.42 Å². The molecule has 8 heteroatoms. The van der Waals surface area contributed by atoms with Crippen molar-refractivity contribution in [3.63, 3.8) is 0 Å². The fourth-order valence-electron chi connectivity index (χ4n) is 2.19. The fraction of sp³-hybridized carbons (Fsp3) is 0.417. The number of hydrogen-bond acceptors (Lipinski definition) is 5. The highest BCUT2D eigenvalue weighted by Gasteiger charge is 2.21. The van der Waals surface area contributed by atoms with E-state index in [0.29, 0.717) is 24.5 Å². The maximum atomic E-state index is 11.9. The number of nitrogens with two attached hydrogens (primary N) is 2. The molecule has 0 radical (unpaired) electrons. The van der Waals surface area contributed by atoms with Crippen LogP contribution in [0.2, 0.25) is 0 Å². The number of amides is 1. The molecule has 0 spiro atoms. The molecule has 2 rings (SSSR count). The third-order valence-electron chi connectivity index (χ3n) is 3.34. The molecule has 1 saturated heterocycles. The molecule has 1 aromatic rings. The van der Waals surface area contributed by atoms with Crippen molar-refractivity contribution in [3.05, 3.63) is 18.2 Å². The lowest BCUT2D eigenvalue weighted by molar-refractivity contribution is -0.127. The highest BCUT2D eigenvalue weighted by molar-refractivity contribution is 7.89. The molecular weight excluding hydrogens is 280 g/mol. The van der Waals surface area contributed by atoms with Gasteiger partial charge >= 0.3 is 0 Å². The Morgan fingerprint density at radius 3 is 2.55 bits per heavy atom. The standard InChI is InChI=1S/C12H18N4O3S/c1-15-5-2-6-16(8-12(15)17)11-4-3-9(7-10(11)13)20(14,18)19/h3-4,7H,2,5-6,8,13H2,1H3,(H2,14,18,19). The molecule has 1 heterocycles. The van der Waals surface area contributed by atoms with E-state index < -0.39 is 10.0 Å². The van der Waals surface area contributed by atoms with Gasteiger partial charge in [0, 0.05) is 20.1 Å². The van der Waals surface area contributed by atoms with Crippen LogP contribution in [-0.4, -0.2) is 45.9 Å². The van der Waals surface area contributed by atoms with E-state index in [4.69, 9.17) is 10.9 Å². The first-order chi connectivity index (χ1) is 9.29. The van der Waals surface area contributed by atoms with Crippen molar-refractivity contribution in [2.24, 2.45) is 5.14 Å². The van der Waals surface area contributed by atoms with E-state index in [-0.39, 0.29) is 17.3 Å². The first kappa shape index (κ1) is 14.6. The number of likely N-dealkylation sites (N-methyl/N-ethyl adjacent to an activating group) is 1. The van der Waals surface area contributed by atoms with Crippen molar-refractivity contribution in [2.75, 3.05) is 37.3 Å². The molecule has 1 aromatic carbocycles. The van der Waals surface area contributed by atoms with Crippen LogP contribution in [0.15, 0.2) is 23.1 Å². The van der Waals surface area contributed by atoms with Crippen molar-refractivity contribution in [2.45, 2.75) is 11.3 Å². The van der Waals surface area contributed by atoms with Gasteiger partial charge in [-0.15, -0.1) is 0 Å². The van der Waals surface area contributed by atoms with E-state index in [1.165, 1.54) is 12.1 Å². The summed E-state index contributed by atoms with van der Waals surface area (Å²) in [7, 11) is -2.01. The molecule has 0 aliphatic carbocycles. The van der Waals surface area contributed by atoms with Gasteiger partial charge in [0.1, 0.15) is 0 Å². The molecule has 0 saturated carbocycles. The number of hydrogen-bond donors (Lipinski definition) is 2. The molecule has 0 aromatic heterocycles. The number of sulfonamides is 1. The molecule has 7 nitrogen and oxygen atoms in total. The van der Waals surface area contributed by atoms with Gasteiger partial charge in [-0.1, -0.05) is 0 Å². The Balaban J connectivity index is 2.31. The summed E-state index contributed by atoms with van der Waals surface area (Å²) in [6.45, 7) is 1.62. The van der Waals surface area contributed by atoms with Gasteiger partial charge in [-0.2, -0.15) is 0 Å². The molecule has 1 aliphatic rings. The topological polar surface area (TPSA) is 110 Å². The van der Waals surface area contributed by atoms with E-state index in [9.17, 15) is 13.2 Å². The first-order valence-corrected chi connectivity index (χ1v) is 7.75. The summed E-state index contributed by atoms with van der Waals surface area (Å²) in [6.07, 6.45) is 0.832. The van der Waals surface area contributed by atoms with Gasteiger partial charge in [-0.05, 0) is 24.6 Å². The van der Waals surface area contributed by atoms with Gasteiger partial charge in [-0.3, -0.25) is 4.79 Å². The van der Waals surface area contributed by atoms with Gasteiger partial charge in [0.25, 0.3) is 0 Å². The van der Waals surface area contributed by atoms with Gasteiger partial charge in [-0.25, -0.2) is 13.6 Å². The minimum atomic E-state index is -3.77. The predicted molar refractivity (Wildman–Crippen MR) is 76.7 cm³/mol. The van der Waals surface area contributed by atoms with Crippen LogP contribution in [0.3, 0.4) is 0 Å². The van der Waals surface area contributed by atoms with Crippen LogP contribution >= 0.6 is 0 Å². The van der Waals surface area contributed by atoms with Gasteiger partial charge in [0.05, 0.1) is 22.8 Å². The van der Waals surface area contributed by atoms with Crippen LogP contribution in [-0.2, 0) is 14.8 Å². The molecule has 0 atom stereocenters. The number of anilines is 2. The smallest absolute Gasteiger partial charge is 0.241 e. The summed E-state index contributed by atoms with van der Waals surface area (Å²) in [5, 5.41) is 5.06. The number of benzene rings is 1. The zero-order chi connectivity index (χ0) is 14.9. The SMILES string of the molecule is CN1CCCN(c2ccc(S(N)(=O)=O)cc2N)CC1=O. The molecule has 1 fully saturated rings. The zero-order valence-corrected chi connectivity index (χ0v) is 12.1. The van der Waals surface area contributed by atoms with Crippen molar-refractivity contribution in [1.82, 2.24) is 4.90 Å². The molecule has 110 valence electrons. The maximum absolute atomic E-state index is 11.9. The fourth-order valence-corrected chi connectivity index (χ4v) is 2.74. The van der Waals surface area contributed by atoms with Crippen molar-refractivity contribution in [1.29, 1.82) is 0 Å². The van der Waals surface area contributed by atoms with Crippen molar-refractivity contribution >= 4 is 27.3 Å². The monoisotopic (exact) mass is 298 g/mol. The number of primary sulfonamides is 1. The maximum Gasteiger partial charge on any atom is 0.241 e.